The van der Waals surface area contributed by atoms with Crippen LogP contribution in [0, 0.1) is 5.92 Å². The summed E-state index contributed by atoms with van der Waals surface area (Å²) in [6, 6.07) is 0. The highest BCUT2D eigenvalue weighted by Crippen LogP contribution is 2.25. The van der Waals surface area contributed by atoms with Crippen LogP contribution in [0.2, 0.25) is 0 Å². The minimum absolute atomic E-state index is 0.0654. The molecule has 1 fully saturated rings. The second kappa shape index (κ2) is 14.0. The van der Waals surface area contributed by atoms with E-state index in [9.17, 15) is 9.59 Å². The minimum Gasteiger partial charge on any atom is -0.497 e. The van der Waals surface area contributed by atoms with Gasteiger partial charge in [-0.2, -0.15) is 0 Å². The molecule has 2 aliphatic heterocycles. The SMILES string of the molecule is C/C(=C\C=C(/N)C(=O)N(C)C)C(N)=O.COC1=CCC=N/C=C(/C2CCOCC2)C=C1. The van der Waals surface area contributed by atoms with Crippen molar-refractivity contribution in [2.45, 2.75) is 26.2 Å². The van der Waals surface area contributed by atoms with Crippen molar-refractivity contribution < 1.29 is 19.1 Å². The smallest absolute Gasteiger partial charge is 0.269 e. The first-order valence-corrected chi connectivity index (χ1v) is 10.1. The Bertz CT molecular complexity index is 798. The lowest BCUT2D eigenvalue weighted by molar-refractivity contribution is -0.124. The number of ether oxygens (including phenoxy) is 2. The number of primary amides is 1. The molecular weight excluding hydrogens is 396 g/mol. The van der Waals surface area contributed by atoms with Gasteiger partial charge in [-0.05, 0) is 49.5 Å². The van der Waals surface area contributed by atoms with E-state index in [1.54, 1.807) is 28.1 Å². The highest BCUT2D eigenvalue weighted by atomic mass is 16.5. The lowest BCUT2D eigenvalue weighted by atomic mass is 9.91. The molecule has 0 atom stereocenters. The van der Waals surface area contributed by atoms with Gasteiger partial charge in [-0.1, -0.05) is 12.2 Å². The van der Waals surface area contributed by atoms with Crippen LogP contribution in [0.1, 0.15) is 26.2 Å². The van der Waals surface area contributed by atoms with Crippen LogP contribution in [0.4, 0.5) is 0 Å². The zero-order valence-corrected chi connectivity index (χ0v) is 18.8. The summed E-state index contributed by atoms with van der Waals surface area (Å²) in [6.45, 7) is 3.26. The zero-order chi connectivity index (χ0) is 23.2. The van der Waals surface area contributed by atoms with Crippen molar-refractivity contribution in [2.24, 2.45) is 22.4 Å². The molecular formula is C23H34N4O4. The van der Waals surface area contributed by atoms with Gasteiger partial charge >= 0.3 is 0 Å². The molecule has 2 rings (SSSR count). The van der Waals surface area contributed by atoms with Crippen molar-refractivity contribution in [3.8, 4) is 0 Å². The van der Waals surface area contributed by atoms with Crippen LogP contribution in [-0.2, 0) is 19.1 Å². The van der Waals surface area contributed by atoms with Crippen LogP contribution in [0.15, 0.2) is 64.2 Å². The standard InChI is InChI=1S/C14H19NO2.C9H15N3O2/c1-16-14-3-2-8-15-11-13(4-5-14)12-6-9-17-10-7-12;1-6(8(11)13)4-5-7(10)9(14)12(2)3/h3-5,8,11-12H,2,6-7,9-10H2,1H3;4-5H,10H2,1-3H3,(H2,11,13)/b5-4?,13-11+,14-3?,15-8?;6-4+,7-5-. The van der Waals surface area contributed by atoms with Crippen molar-refractivity contribution in [2.75, 3.05) is 34.4 Å². The molecule has 0 bridgehead atoms. The average Bonchev–Trinajstić information content (AvgIpc) is 2.89. The van der Waals surface area contributed by atoms with Crippen molar-refractivity contribution >= 4 is 18.0 Å². The van der Waals surface area contributed by atoms with E-state index >= 15 is 0 Å². The third-order valence-electron chi connectivity index (χ3n) is 4.68. The predicted molar refractivity (Wildman–Crippen MR) is 123 cm³/mol. The van der Waals surface area contributed by atoms with Gasteiger partial charge in [-0.3, -0.25) is 14.6 Å². The quantitative estimate of drug-likeness (QED) is 0.512. The fourth-order valence-electron chi connectivity index (χ4n) is 2.71. The highest BCUT2D eigenvalue weighted by molar-refractivity contribution is 5.94. The average molecular weight is 431 g/mol. The largest absolute Gasteiger partial charge is 0.497 e. The fraction of sp³-hybridized carbons (Fsp3) is 0.435. The zero-order valence-electron chi connectivity index (χ0n) is 18.8. The van der Waals surface area contributed by atoms with E-state index in [0.29, 0.717) is 11.5 Å². The monoisotopic (exact) mass is 430 g/mol. The van der Waals surface area contributed by atoms with Crippen LogP contribution in [0.3, 0.4) is 0 Å². The van der Waals surface area contributed by atoms with E-state index in [1.165, 1.54) is 22.6 Å². The molecule has 31 heavy (non-hydrogen) atoms. The fourth-order valence-corrected chi connectivity index (χ4v) is 2.71. The van der Waals surface area contributed by atoms with E-state index in [-0.39, 0.29) is 11.6 Å². The van der Waals surface area contributed by atoms with Gasteiger partial charge in [0.05, 0.1) is 12.8 Å². The molecule has 2 aliphatic rings. The third kappa shape index (κ3) is 9.95. The molecule has 4 N–H and O–H groups in total. The summed E-state index contributed by atoms with van der Waals surface area (Å²) in [7, 11) is 4.88. The topological polar surface area (TPSA) is 120 Å². The molecule has 0 unspecified atom stereocenters. The molecule has 2 amide bonds. The maximum atomic E-state index is 11.2. The molecule has 0 saturated carbocycles. The number of likely N-dealkylation sites (N-methyl/N-ethyl adjacent to an activating group) is 1. The maximum Gasteiger partial charge on any atom is 0.269 e. The Hall–Kier alpha value is -3.13. The van der Waals surface area contributed by atoms with Crippen molar-refractivity contribution in [1.82, 2.24) is 4.90 Å². The molecule has 0 aromatic rings. The van der Waals surface area contributed by atoms with Gasteiger partial charge in [-0.25, -0.2) is 0 Å². The summed E-state index contributed by atoms with van der Waals surface area (Å²) in [5.41, 5.74) is 12.1. The van der Waals surface area contributed by atoms with Crippen molar-refractivity contribution in [1.29, 1.82) is 0 Å². The Morgan fingerprint density at radius 2 is 1.87 bits per heavy atom. The Morgan fingerprint density at radius 1 is 1.19 bits per heavy atom. The number of amides is 2. The number of hydrogen-bond acceptors (Lipinski definition) is 6. The predicted octanol–water partition coefficient (Wildman–Crippen LogP) is 2.21. The van der Waals surface area contributed by atoms with E-state index in [4.69, 9.17) is 20.9 Å². The van der Waals surface area contributed by atoms with E-state index in [2.05, 4.69) is 11.1 Å². The number of methoxy groups -OCH3 is 1. The van der Waals surface area contributed by atoms with Crippen LogP contribution in [-0.4, -0.2) is 57.3 Å². The first-order valence-electron chi connectivity index (χ1n) is 10.1. The summed E-state index contributed by atoms with van der Waals surface area (Å²) >= 11 is 0. The second-order valence-corrected chi connectivity index (χ2v) is 7.26. The Morgan fingerprint density at radius 3 is 2.45 bits per heavy atom. The van der Waals surface area contributed by atoms with Gasteiger partial charge in [0.2, 0.25) is 5.91 Å². The molecule has 170 valence electrons. The number of aliphatic imine (C=N–C) groups is 1. The van der Waals surface area contributed by atoms with Crippen LogP contribution in [0.5, 0.6) is 0 Å². The van der Waals surface area contributed by atoms with Gasteiger partial charge in [0.1, 0.15) is 5.76 Å². The number of nitrogens with zero attached hydrogens (tertiary/aromatic N) is 2. The molecule has 8 heteroatoms. The van der Waals surface area contributed by atoms with Gasteiger partial charge in [0.25, 0.3) is 5.91 Å². The summed E-state index contributed by atoms with van der Waals surface area (Å²) in [5, 5.41) is 0. The molecule has 2 heterocycles. The third-order valence-corrected chi connectivity index (χ3v) is 4.68. The Labute approximate surface area is 184 Å². The first kappa shape index (κ1) is 25.9. The Kier molecular flexibility index (Phi) is 11.7. The highest BCUT2D eigenvalue weighted by Gasteiger charge is 2.16. The van der Waals surface area contributed by atoms with Gasteiger partial charge in [0, 0.05) is 51.7 Å². The summed E-state index contributed by atoms with van der Waals surface area (Å²) in [6.07, 6.45) is 15.8. The lowest BCUT2D eigenvalue weighted by Crippen LogP contribution is -2.27. The molecule has 1 saturated heterocycles. The Balaban J connectivity index is 0.000000318. The summed E-state index contributed by atoms with van der Waals surface area (Å²) in [4.78, 5) is 27.5. The van der Waals surface area contributed by atoms with E-state index in [1.807, 2.05) is 24.6 Å². The van der Waals surface area contributed by atoms with Crippen LogP contribution < -0.4 is 11.5 Å². The summed E-state index contributed by atoms with van der Waals surface area (Å²) in [5.74, 6) is 0.620. The van der Waals surface area contributed by atoms with Crippen molar-refractivity contribution in [3.05, 3.63) is 59.2 Å². The van der Waals surface area contributed by atoms with Gasteiger partial charge in [-0.15, -0.1) is 0 Å². The maximum absolute atomic E-state index is 11.2. The van der Waals surface area contributed by atoms with Crippen molar-refractivity contribution in [3.63, 3.8) is 0 Å². The summed E-state index contributed by atoms with van der Waals surface area (Å²) < 4.78 is 10.7. The van der Waals surface area contributed by atoms with E-state index in [0.717, 1.165) is 38.2 Å². The first-order chi connectivity index (χ1) is 14.8. The molecule has 0 radical (unpaired) electrons. The number of rotatable bonds is 5. The number of carbonyl (C=O) groups is 2. The number of nitrogens with two attached hydrogens (primary N) is 2. The van der Waals surface area contributed by atoms with Gasteiger partial charge in [0.15, 0.2) is 0 Å². The molecule has 0 aliphatic carbocycles. The normalized spacial score (nSPS) is 19.5. The second-order valence-electron chi connectivity index (χ2n) is 7.26. The number of carbonyl (C=O) groups excluding carboxylic acids is 2. The van der Waals surface area contributed by atoms with E-state index < -0.39 is 5.91 Å². The van der Waals surface area contributed by atoms with Gasteiger partial charge < -0.3 is 25.8 Å². The van der Waals surface area contributed by atoms with Crippen LogP contribution >= 0.6 is 0 Å². The molecule has 0 aromatic carbocycles. The van der Waals surface area contributed by atoms with Crippen LogP contribution in [0.25, 0.3) is 0 Å². The number of allylic oxidation sites excluding steroid dienone is 6. The lowest BCUT2D eigenvalue weighted by Gasteiger charge is -2.22. The number of hydrogen-bond donors (Lipinski definition) is 2. The molecule has 0 spiro atoms. The molecule has 8 nitrogen and oxygen atoms in total. The molecule has 0 aromatic heterocycles. The minimum atomic E-state index is -0.536.